The topological polar surface area (TPSA) is 42.2 Å². The predicted octanol–water partition coefficient (Wildman–Crippen LogP) is -1.48. The largest absolute Gasteiger partial charge is 1.00 e. The number of nitrogens with zero attached hydrogens (tertiary/aromatic N) is 1. The fourth-order valence-corrected chi connectivity index (χ4v) is 0.794. The van der Waals surface area contributed by atoms with E-state index in [-0.39, 0.29) is 51.4 Å². The molecule has 0 aliphatic rings. The standard InChI is InChI=1S/C5H6BF5NO2.K/c1-13-6(3-12,14-2)4(7,8)5(9,10)11;/h1-2H3;/q-1;+1. The first-order chi connectivity index (χ1) is 6.18. The van der Waals surface area contributed by atoms with Crippen molar-refractivity contribution < 1.29 is 82.6 Å². The summed E-state index contributed by atoms with van der Waals surface area (Å²) in [6.45, 7) is -4.36. The minimum absolute atomic E-state index is 0. The number of halogens is 5. The van der Waals surface area contributed by atoms with Gasteiger partial charge in [-0.3, -0.25) is 0 Å². The Kier molecular flexibility index (Phi) is 7.14. The van der Waals surface area contributed by atoms with Crippen molar-refractivity contribution in [1.29, 1.82) is 5.26 Å². The summed E-state index contributed by atoms with van der Waals surface area (Å²) >= 11 is 0. The van der Waals surface area contributed by atoms with E-state index in [4.69, 9.17) is 5.26 Å². The SMILES string of the molecule is CO[B-](C#N)(OC)C(F)(F)C(F)(F)F.[K+]. The third-order valence-electron chi connectivity index (χ3n) is 1.69. The van der Waals surface area contributed by atoms with E-state index in [0.717, 1.165) is 0 Å². The van der Waals surface area contributed by atoms with Gasteiger partial charge in [0, 0.05) is 0 Å². The second-order valence-corrected chi connectivity index (χ2v) is 2.43. The Labute approximate surface area is 125 Å². The molecule has 0 aromatic carbocycles. The number of rotatable bonds is 3. The second kappa shape index (κ2) is 5.90. The van der Waals surface area contributed by atoms with Crippen LogP contribution in [0.5, 0.6) is 0 Å². The molecule has 0 saturated carbocycles. The molecule has 0 aromatic rings. The molecular formula is C5H6BF5KNO2. The first kappa shape index (κ1) is 18.1. The van der Waals surface area contributed by atoms with Crippen molar-refractivity contribution in [2.75, 3.05) is 14.2 Å². The summed E-state index contributed by atoms with van der Waals surface area (Å²) in [6.07, 6.45) is -5.89. The number of alkyl halides is 5. The molecule has 0 saturated heterocycles. The fourth-order valence-electron chi connectivity index (χ4n) is 0.794. The van der Waals surface area contributed by atoms with Gasteiger partial charge < -0.3 is 9.31 Å². The van der Waals surface area contributed by atoms with E-state index >= 15 is 0 Å². The molecule has 0 amide bonds. The second-order valence-electron chi connectivity index (χ2n) is 2.43. The summed E-state index contributed by atoms with van der Waals surface area (Å²) in [6, 6.07) is 0. The monoisotopic (exact) mass is 257 g/mol. The Morgan fingerprint density at radius 2 is 1.40 bits per heavy atom. The molecule has 0 rings (SSSR count). The van der Waals surface area contributed by atoms with Crippen molar-refractivity contribution >= 4 is 6.55 Å². The van der Waals surface area contributed by atoms with Gasteiger partial charge in [0.05, 0.1) is 0 Å². The summed E-state index contributed by atoms with van der Waals surface area (Å²) in [4.78, 5) is 0. The molecule has 15 heavy (non-hydrogen) atoms. The van der Waals surface area contributed by atoms with Crippen molar-refractivity contribution in [3.05, 3.63) is 0 Å². The van der Waals surface area contributed by atoms with Gasteiger partial charge in [0.1, 0.15) is 0 Å². The summed E-state index contributed by atoms with van der Waals surface area (Å²) in [5.74, 6) is -4.63. The minimum Gasteiger partial charge on any atom is -0.555 e. The van der Waals surface area contributed by atoms with Crippen molar-refractivity contribution in [3.63, 3.8) is 0 Å². The van der Waals surface area contributed by atoms with Crippen LogP contribution in [0.4, 0.5) is 22.0 Å². The first-order valence-electron chi connectivity index (χ1n) is 3.28. The van der Waals surface area contributed by atoms with Crippen LogP contribution < -0.4 is 51.4 Å². The summed E-state index contributed by atoms with van der Waals surface area (Å²) in [5, 5.41) is 8.22. The quantitative estimate of drug-likeness (QED) is 0.457. The molecule has 0 aliphatic heterocycles. The minimum atomic E-state index is -5.89. The molecule has 82 valence electrons. The molecule has 0 unspecified atom stereocenters. The summed E-state index contributed by atoms with van der Waals surface area (Å²) < 4.78 is 68.6. The van der Waals surface area contributed by atoms with Crippen LogP contribution in [0.2, 0.25) is 0 Å². The molecule has 0 atom stereocenters. The summed E-state index contributed by atoms with van der Waals surface area (Å²) in [7, 11) is 1.10. The van der Waals surface area contributed by atoms with Crippen LogP contribution in [-0.2, 0) is 9.31 Å². The molecule has 0 N–H and O–H groups in total. The van der Waals surface area contributed by atoms with Crippen LogP contribution in [0.15, 0.2) is 0 Å². The van der Waals surface area contributed by atoms with Gasteiger partial charge in [0.15, 0.2) is 0 Å². The Balaban J connectivity index is 0. The van der Waals surface area contributed by atoms with Gasteiger partial charge in [-0.2, -0.15) is 13.2 Å². The van der Waals surface area contributed by atoms with Crippen LogP contribution in [0, 0.1) is 11.2 Å². The van der Waals surface area contributed by atoms with E-state index in [1.807, 2.05) is 0 Å². The average molecular weight is 257 g/mol. The van der Waals surface area contributed by atoms with Crippen LogP contribution in [0.3, 0.4) is 0 Å². The van der Waals surface area contributed by atoms with E-state index in [9.17, 15) is 22.0 Å². The predicted molar refractivity (Wildman–Crippen MR) is 36.4 cm³/mol. The maximum absolute atomic E-state index is 12.7. The maximum Gasteiger partial charge on any atom is 1.00 e. The Bertz CT molecular complexity index is 249. The van der Waals surface area contributed by atoms with E-state index in [2.05, 4.69) is 9.31 Å². The molecule has 0 aromatic heterocycles. The average Bonchev–Trinajstić information content (AvgIpc) is 2.06. The zero-order chi connectivity index (χ0) is 11.6. The van der Waals surface area contributed by atoms with Gasteiger partial charge in [-0.25, -0.2) is 14.0 Å². The third-order valence-corrected chi connectivity index (χ3v) is 1.69. The van der Waals surface area contributed by atoms with Gasteiger partial charge in [-0.1, -0.05) is 5.97 Å². The van der Waals surface area contributed by atoms with Crippen LogP contribution in [0.25, 0.3) is 0 Å². The summed E-state index contributed by atoms with van der Waals surface area (Å²) in [5.41, 5.74) is 0. The number of hydrogen-bond acceptors (Lipinski definition) is 3. The zero-order valence-electron chi connectivity index (χ0n) is 8.23. The van der Waals surface area contributed by atoms with Crippen molar-refractivity contribution in [2.24, 2.45) is 0 Å². The molecule has 0 heterocycles. The van der Waals surface area contributed by atoms with E-state index in [1.54, 1.807) is 0 Å². The molecule has 10 heteroatoms. The Morgan fingerprint density at radius 1 is 1.07 bits per heavy atom. The molecule has 0 fully saturated rings. The molecular weight excluding hydrogens is 251 g/mol. The van der Waals surface area contributed by atoms with Gasteiger partial charge >= 0.3 is 64.1 Å². The molecule has 0 bridgehead atoms. The van der Waals surface area contributed by atoms with E-state index in [0.29, 0.717) is 20.2 Å². The van der Waals surface area contributed by atoms with Gasteiger partial charge in [0.2, 0.25) is 0 Å². The van der Waals surface area contributed by atoms with Crippen LogP contribution in [-0.4, -0.2) is 32.8 Å². The van der Waals surface area contributed by atoms with Gasteiger partial charge in [0.25, 0.3) is 5.82 Å². The van der Waals surface area contributed by atoms with Gasteiger partial charge in [-0.05, 0) is 14.2 Å². The molecule has 0 aliphatic carbocycles. The van der Waals surface area contributed by atoms with Gasteiger partial charge in [-0.15, -0.1) is 0 Å². The van der Waals surface area contributed by atoms with E-state index in [1.165, 1.54) is 0 Å². The first-order valence-corrected chi connectivity index (χ1v) is 3.28. The Hall–Kier alpha value is 0.761. The molecule has 0 radical (unpaired) electrons. The van der Waals surface area contributed by atoms with Crippen molar-refractivity contribution in [2.45, 2.75) is 12.0 Å². The zero-order valence-corrected chi connectivity index (χ0v) is 11.4. The number of nitriles is 1. The fraction of sp³-hybridized carbons (Fsp3) is 0.800. The van der Waals surface area contributed by atoms with Crippen LogP contribution >= 0.6 is 0 Å². The Morgan fingerprint density at radius 3 is 1.47 bits per heavy atom. The van der Waals surface area contributed by atoms with Crippen molar-refractivity contribution in [1.82, 2.24) is 0 Å². The van der Waals surface area contributed by atoms with Crippen LogP contribution in [0.1, 0.15) is 0 Å². The normalized spacial score (nSPS) is 12.9. The molecule has 0 spiro atoms. The van der Waals surface area contributed by atoms with E-state index < -0.39 is 18.5 Å². The molecule has 3 nitrogen and oxygen atoms in total. The number of hydrogen-bond donors (Lipinski definition) is 0. The van der Waals surface area contributed by atoms with Crippen molar-refractivity contribution in [3.8, 4) is 5.97 Å². The third kappa shape index (κ3) is 3.12. The maximum atomic E-state index is 12.7. The smallest absolute Gasteiger partial charge is 0.555 e.